The molecule has 1 aliphatic heterocycles. The van der Waals surface area contributed by atoms with Gasteiger partial charge in [-0.2, -0.15) is 0 Å². The molecule has 0 amide bonds. The van der Waals surface area contributed by atoms with Crippen molar-refractivity contribution in [1.29, 1.82) is 0 Å². The van der Waals surface area contributed by atoms with Gasteiger partial charge in [-0.15, -0.1) is 22.6 Å². The number of fused-ring (bicyclic) bond motifs is 4. The van der Waals surface area contributed by atoms with Crippen LogP contribution in [-0.4, -0.2) is 19.9 Å². The van der Waals surface area contributed by atoms with Gasteiger partial charge in [0.1, 0.15) is 17.1 Å². The Kier molecular flexibility index (Phi) is 5.46. The van der Waals surface area contributed by atoms with E-state index in [1.165, 1.54) is 5.56 Å². The molecule has 8 heteroatoms. The summed E-state index contributed by atoms with van der Waals surface area (Å²) in [4.78, 5) is 0. The number of aromatic nitrogens is 4. The molecule has 3 heterocycles. The van der Waals surface area contributed by atoms with Gasteiger partial charge in [-0.1, -0.05) is 28.9 Å². The van der Waals surface area contributed by atoms with Crippen LogP contribution in [0.4, 0.5) is 0 Å². The predicted octanol–water partition coefficient (Wildman–Crippen LogP) is 5.53. The van der Waals surface area contributed by atoms with Gasteiger partial charge >= 0.3 is 0 Å². The first-order chi connectivity index (χ1) is 14.8. The van der Waals surface area contributed by atoms with Crippen molar-refractivity contribution in [3.63, 3.8) is 0 Å². The van der Waals surface area contributed by atoms with Crippen molar-refractivity contribution in [2.24, 2.45) is 0 Å². The van der Waals surface area contributed by atoms with Crippen molar-refractivity contribution in [2.75, 3.05) is 0 Å². The van der Waals surface area contributed by atoms with E-state index in [-0.39, 0.29) is 12.4 Å². The number of hydrogen-bond donors (Lipinski definition) is 1. The van der Waals surface area contributed by atoms with Crippen LogP contribution in [0.15, 0.2) is 47.0 Å². The zero-order chi connectivity index (χ0) is 20.1. The quantitative estimate of drug-likeness (QED) is 0.430. The third-order valence-corrected chi connectivity index (χ3v) is 6.75. The molecule has 4 aromatic rings. The Morgan fingerprint density at radius 3 is 2.65 bits per heavy atom. The van der Waals surface area contributed by atoms with Crippen LogP contribution in [0, 0.1) is 0 Å². The van der Waals surface area contributed by atoms with Gasteiger partial charge < -0.3 is 9.84 Å². The average Bonchev–Trinajstić information content (AvgIpc) is 3.34. The van der Waals surface area contributed by atoms with Crippen LogP contribution in [0.1, 0.15) is 60.5 Å². The summed E-state index contributed by atoms with van der Waals surface area (Å²) in [6.07, 6.45) is 4.26. The molecule has 160 valence electrons. The van der Waals surface area contributed by atoms with E-state index in [0.717, 1.165) is 71.3 Å². The minimum absolute atomic E-state index is 0. The lowest BCUT2D eigenvalue weighted by Crippen LogP contribution is -2.16. The Morgan fingerprint density at radius 1 is 0.968 bits per heavy atom. The van der Waals surface area contributed by atoms with Crippen LogP contribution >= 0.6 is 24.0 Å². The van der Waals surface area contributed by atoms with E-state index in [1.807, 2.05) is 24.3 Å². The van der Waals surface area contributed by atoms with Crippen molar-refractivity contribution in [3.8, 4) is 5.69 Å². The highest BCUT2D eigenvalue weighted by Crippen LogP contribution is 2.42. The van der Waals surface area contributed by atoms with Crippen LogP contribution in [0.3, 0.4) is 0 Å². The van der Waals surface area contributed by atoms with Gasteiger partial charge in [0.05, 0.1) is 12.2 Å². The lowest BCUT2D eigenvalue weighted by Gasteiger charge is -2.27. The molecule has 1 saturated carbocycles. The largest absolute Gasteiger partial charge is 0.360 e. The van der Waals surface area contributed by atoms with E-state index in [4.69, 9.17) is 16.1 Å². The second-order valence-corrected chi connectivity index (χ2v) is 8.74. The second kappa shape index (κ2) is 8.26. The lowest BCUT2D eigenvalue weighted by molar-refractivity contribution is 0.307. The molecule has 1 fully saturated rings. The maximum atomic E-state index is 6.24. The van der Waals surface area contributed by atoms with E-state index >= 15 is 0 Å². The first-order valence-electron chi connectivity index (χ1n) is 10.6. The molecule has 0 saturated heterocycles. The highest BCUT2D eigenvalue weighted by atomic mass is 35.5. The third kappa shape index (κ3) is 3.53. The van der Waals surface area contributed by atoms with Crippen LogP contribution in [0.5, 0.6) is 0 Å². The fourth-order valence-electron chi connectivity index (χ4n) is 5.01. The average molecular weight is 456 g/mol. The molecule has 2 aromatic carbocycles. The summed E-state index contributed by atoms with van der Waals surface area (Å²) in [5, 5.41) is 18.7. The van der Waals surface area contributed by atoms with Gasteiger partial charge in [0.2, 0.25) is 0 Å². The van der Waals surface area contributed by atoms with Gasteiger partial charge in [-0.3, -0.25) is 4.57 Å². The Balaban J connectivity index is 0.00000204. The molecule has 0 atom stereocenters. The third-order valence-electron chi connectivity index (χ3n) is 6.51. The van der Waals surface area contributed by atoms with Crippen LogP contribution in [-0.2, 0) is 13.1 Å². The molecule has 0 spiro atoms. The first kappa shape index (κ1) is 20.5. The number of nitrogens with one attached hydrogen (secondary N) is 1. The lowest BCUT2D eigenvalue weighted by atomic mass is 9.80. The summed E-state index contributed by atoms with van der Waals surface area (Å²) in [5.74, 6) is 3.87. The summed E-state index contributed by atoms with van der Waals surface area (Å²) in [6, 6.07) is 14.3. The van der Waals surface area contributed by atoms with Crippen LogP contribution in [0.25, 0.3) is 16.6 Å². The standard InChI is InChI=1S/C23H22ClN5O.ClH/c24-17-9-10-20-16(11-17)12-25-13-21-26-27-23(29(20)21)15-7-5-14(6-8-15)22-18-3-1-2-4-19(18)28-30-22;/h1-4,9-11,14-15,25H,5-8,12-13H2;1H/t14-,15+;. The Morgan fingerprint density at radius 2 is 1.77 bits per heavy atom. The monoisotopic (exact) mass is 455 g/mol. The molecule has 1 N–H and O–H groups in total. The van der Waals surface area contributed by atoms with E-state index in [0.29, 0.717) is 18.4 Å². The maximum Gasteiger partial charge on any atom is 0.151 e. The van der Waals surface area contributed by atoms with Gasteiger partial charge in [0.15, 0.2) is 5.82 Å². The van der Waals surface area contributed by atoms with Crippen LogP contribution in [0.2, 0.25) is 5.02 Å². The number of hydrogen-bond acceptors (Lipinski definition) is 5. The number of nitrogens with zero attached hydrogens (tertiary/aromatic N) is 4. The van der Waals surface area contributed by atoms with Crippen molar-refractivity contribution in [1.82, 2.24) is 25.2 Å². The van der Waals surface area contributed by atoms with E-state index < -0.39 is 0 Å². The van der Waals surface area contributed by atoms with E-state index in [9.17, 15) is 0 Å². The predicted molar refractivity (Wildman–Crippen MR) is 122 cm³/mol. The maximum absolute atomic E-state index is 6.24. The molecule has 0 radical (unpaired) electrons. The van der Waals surface area contributed by atoms with Crippen molar-refractivity contribution in [3.05, 3.63) is 70.5 Å². The fourth-order valence-corrected chi connectivity index (χ4v) is 5.21. The van der Waals surface area contributed by atoms with Crippen molar-refractivity contribution >= 4 is 34.9 Å². The van der Waals surface area contributed by atoms with Gasteiger partial charge in [0, 0.05) is 28.8 Å². The van der Waals surface area contributed by atoms with Gasteiger partial charge in [-0.25, -0.2) is 0 Å². The number of benzene rings is 2. The zero-order valence-electron chi connectivity index (χ0n) is 16.9. The van der Waals surface area contributed by atoms with Crippen molar-refractivity contribution < 1.29 is 4.52 Å². The van der Waals surface area contributed by atoms with E-state index in [1.54, 1.807) is 0 Å². The molecule has 2 aromatic heterocycles. The molecule has 0 bridgehead atoms. The molecule has 6 rings (SSSR count). The van der Waals surface area contributed by atoms with Gasteiger partial charge in [0.25, 0.3) is 0 Å². The fraction of sp³-hybridized carbons (Fsp3) is 0.348. The SMILES string of the molecule is Cl.Clc1ccc2c(c1)CNCc1nnc([C@H]3CC[C@@H](c4onc5ccccc54)CC3)n1-2. The summed E-state index contributed by atoms with van der Waals surface area (Å²) in [5.41, 5.74) is 3.27. The molecule has 2 aliphatic rings. The number of halogens is 2. The molecular weight excluding hydrogens is 433 g/mol. The summed E-state index contributed by atoms with van der Waals surface area (Å²) in [7, 11) is 0. The van der Waals surface area contributed by atoms with E-state index in [2.05, 4.69) is 43.4 Å². The molecular formula is C23H23Cl2N5O. The summed E-state index contributed by atoms with van der Waals surface area (Å²) in [6.45, 7) is 1.49. The Hall–Kier alpha value is -2.41. The first-order valence-corrected chi connectivity index (χ1v) is 10.9. The topological polar surface area (TPSA) is 68.8 Å². The second-order valence-electron chi connectivity index (χ2n) is 8.30. The minimum Gasteiger partial charge on any atom is -0.360 e. The zero-order valence-corrected chi connectivity index (χ0v) is 18.5. The molecule has 0 unspecified atom stereocenters. The summed E-state index contributed by atoms with van der Waals surface area (Å²) >= 11 is 6.24. The van der Waals surface area contributed by atoms with Crippen LogP contribution < -0.4 is 5.32 Å². The highest BCUT2D eigenvalue weighted by Gasteiger charge is 2.31. The van der Waals surface area contributed by atoms with Gasteiger partial charge in [-0.05, 0) is 61.6 Å². The minimum atomic E-state index is 0. The Labute approximate surface area is 191 Å². The summed E-state index contributed by atoms with van der Waals surface area (Å²) < 4.78 is 7.99. The molecule has 6 nitrogen and oxygen atoms in total. The molecule has 31 heavy (non-hydrogen) atoms. The highest BCUT2D eigenvalue weighted by molar-refractivity contribution is 6.30. The smallest absolute Gasteiger partial charge is 0.151 e. The van der Waals surface area contributed by atoms with Crippen molar-refractivity contribution in [2.45, 2.75) is 50.6 Å². The Bertz CT molecular complexity index is 1230. The normalized spacial score (nSPS) is 20.5. The molecule has 1 aliphatic carbocycles. The number of rotatable bonds is 2.